The third kappa shape index (κ3) is 7.37. The number of nitrogens with zero attached hydrogens (tertiary/aromatic N) is 6. The van der Waals surface area contributed by atoms with Crippen molar-refractivity contribution >= 4 is 17.8 Å². The summed E-state index contributed by atoms with van der Waals surface area (Å²) in [5.74, 6) is 0.892. The van der Waals surface area contributed by atoms with E-state index < -0.39 is 0 Å². The van der Waals surface area contributed by atoms with Crippen molar-refractivity contribution in [1.29, 1.82) is 0 Å². The average molecular weight is 565 g/mol. The summed E-state index contributed by atoms with van der Waals surface area (Å²) in [4.78, 5) is 29.6. The Kier molecular flexibility index (Phi) is 9.07. The van der Waals surface area contributed by atoms with E-state index in [1.807, 2.05) is 36.4 Å². The van der Waals surface area contributed by atoms with Crippen LogP contribution in [0.1, 0.15) is 24.8 Å². The minimum absolute atomic E-state index is 0.0363. The number of anilines is 1. The molecule has 3 aromatic rings. The van der Waals surface area contributed by atoms with Crippen LogP contribution in [-0.2, 0) is 18.2 Å². The number of aromatic nitrogens is 4. The number of aryl methyl sites for hydroxylation is 1. The normalized spacial score (nSPS) is 21.3. The Morgan fingerprint density at radius 3 is 2.68 bits per heavy atom. The van der Waals surface area contributed by atoms with Crippen LogP contribution in [0.15, 0.2) is 48.5 Å². The molecule has 2 aromatic carbocycles. The summed E-state index contributed by atoms with van der Waals surface area (Å²) in [6.07, 6.45) is 3.39. The van der Waals surface area contributed by atoms with Gasteiger partial charge in [-0.15, -0.1) is 5.10 Å². The van der Waals surface area contributed by atoms with Crippen molar-refractivity contribution in [3.63, 3.8) is 0 Å². The number of amides is 3. The van der Waals surface area contributed by atoms with Crippen LogP contribution in [0.3, 0.4) is 0 Å². The number of halogens is 1. The highest BCUT2D eigenvalue weighted by Gasteiger charge is 2.35. The Labute approximate surface area is 239 Å². The first-order valence-electron chi connectivity index (χ1n) is 14.1. The van der Waals surface area contributed by atoms with Crippen LogP contribution in [0, 0.1) is 17.7 Å². The molecule has 41 heavy (non-hydrogen) atoms. The van der Waals surface area contributed by atoms with Gasteiger partial charge < -0.3 is 25.2 Å². The van der Waals surface area contributed by atoms with Gasteiger partial charge in [0.1, 0.15) is 5.82 Å². The van der Waals surface area contributed by atoms with E-state index in [1.54, 1.807) is 16.6 Å². The average Bonchev–Trinajstić information content (AvgIpc) is 3.41. The number of rotatable bonds is 7. The van der Waals surface area contributed by atoms with E-state index >= 15 is 0 Å². The molecule has 3 amide bonds. The first kappa shape index (κ1) is 28.5. The first-order chi connectivity index (χ1) is 19.9. The molecule has 2 fully saturated rings. The van der Waals surface area contributed by atoms with Gasteiger partial charge >= 0.3 is 12.1 Å². The summed E-state index contributed by atoms with van der Waals surface area (Å²) in [6.45, 7) is 3.67. The number of tetrazole rings is 1. The number of carbonyl (C=O) groups is 2. The fourth-order valence-electron chi connectivity index (χ4n) is 6.02. The zero-order valence-electron chi connectivity index (χ0n) is 23.5. The molecule has 2 N–H and O–H groups in total. The van der Waals surface area contributed by atoms with E-state index in [1.165, 1.54) is 19.2 Å². The smallest absolute Gasteiger partial charge is 0.409 e. The lowest BCUT2D eigenvalue weighted by atomic mass is 9.88. The Morgan fingerprint density at radius 2 is 1.93 bits per heavy atom. The van der Waals surface area contributed by atoms with Crippen molar-refractivity contribution in [2.45, 2.75) is 31.7 Å². The monoisotopic (exact) mass is 564 g/mol. The van der Waals surface area contributed by atoms with Crippen molar-refractivity contribution in [2.24, 2.45) is 18.9 Å². The van der Waals surface area contributed by atoms with E-state index in [0.717, 1.165) is 50.0 Å². The van der Waals surface area contributed by atoms with Crippen molar-refractivity contribution < 1.29 is 18.7 Å². The number of nitrogens with one attached hydrogen (secondary N) is 2. The summed E-state index contributed by atoms with van der Waals surface area (Å²) in [5.41, 5.74) is 2.56. The minimum atomic E-state index is -0.346. The van der Waals surface area contributed by atoms with Crippen LogP contribution >= 0.6 is 0 Å². The zero-order chi connectivity index (χ0) is 28.8. The Balaban J connectivity index is 1.22. The summed E-state index contributed by atoms with van der Waals surface area (Å²) < 4.78 is 19.9. The molecule has 2 aliphatic heterocycles. The standard InChI is InChI=1S/C29H37FN8O3/c1-36-27(33-34-35-36)22-6-3-7-25(16-22)31-28(39)32-26-12-14-38(29(40)41-2)19-23(26)18-37-13-4-5-21(17-37)15-20-8-10-24(30)11-9-20/h3,6-11,16,21,23,26H,4-5,12-15,17-19H2,1-2H3,(H2,31,32,39)/t21?,23-,26-/m1/s1. The van der Waals surface area contributed by atoms with Crippen molar-refractivity contribution in [3.8, 4) is 11.4 Å². The highest BCUT2D eigenvalue weighted by Crippen LogP contribution is 2.26. The lowest BCUT2D eigenvalue weighted by Crippen LogP contribution is -2.56. The number of carbonyl (C=O) groups excluding carboxylic acids is 2. The van der Waals surface area contributed by atoms with Gasteiger partial charge in [0.05, 0.1) is 7.11 Å². The molecule has 0 spiro atoms. The SMILES string of the molecule is COC(=O)N1CC[C@@H](NC(=O)Nc2cccc(-c3nnnn3C)c2)[C@H](CN2CCCC(Cc3ccc(F)cc3)C2)C1. The van der Waals surface area contributed by atoms with E-state index in [2.05, 4.69) is 31.1 Å². The van der Waals surface area contributed by atoms with Crippen molar-refractivity contribution in [2.75, 3.05) is 45.2 Å². The number of urea groups is 1. The molecule has 218 valence electrons. The molecule has 0 radical (unpaired) electrons. The highest BCUT2D eigenvalue weighted by molar-refractivity contribution is 5.90. The summed E-state index contributed by atoms with van der Waals surface area (Å²) in [7, 11) is 3.15. The maximum atomic E-state index is 13.4. The van der Waals surface area contributed by atoms with E-state index in [-0.39, 0.29) is 29.9 Å². The Morgan fingerprint density at radius 1 is 1.10 bits per heavy atom. The van der Waals surface area contributed by atoms with Crippen LogP contribution in [-0.4, -0.2) is 88.0 Å². The summed E-state index contributed by atoms with van der Waals surface area (Å²) in [5, 5.41) is 17.7. The van der Waals surface area contributed by atoms with Crippen LogP contribution in [0.25, 0.3) is 11.4 Å². The second-order valence-electron chi connectivity index (χ2n) is 11.0. The largest absolute Gasteiger partial charge is 0.453 e. The minimum Gasteiger partial charge on any atom is -0.453 e. The van der Waals surface area contributed by atoms with Gasteiger partial charge in [-0.25, -0.2) is 18.7 Å². The van der Waals surface area contributed by atoms with Gasteiger partial charge in [-0.2, -0.15) is 0 Å². The molecular formula is C29H37FN8O3. The fraction of sp³-hybridized carbons (Fsp3) is 0.483. The third-order valence-corrected chi connectivity index (χ3v) is 8.02. The van der Waals surface area contributed by atoms with E-state index in [9.17, 15) is 14.0 Å². The zero-order valence-corrected chi connectivity index (χ0v) is 23.5. The molecule has 2 aliphatic rings. The maximum absolute atomic E-state index is 13.4. The molecule has 11 nitrogen and oxygen atoms in total. The van der Waals surface area contributed by atoms with Crippen LogP contribution in [0.4, 0.5) is 19.7 Å². The number of benzene rings is 2. The quantitative estimate of drug-likeness (QED) is 0.451. The molecule has 3 heterocycles. The molecule has 2 saturated heterocycles. The number of hydrogen-bond donors (Lipinski definition) is 2. The van der Waals surface area contributed by atoms with E-state index in [4.69, 9.17) is 4.74 Å². The van der Waals surface area contributed by atoms with Gasteiger partial charge in [0.2, 0.25) is 0 Å². The van der Waals surface area contributed by atoms with Gasteiger partial charge in [0.15, 0.2) is 5.82 Å². The molecule has 0 aliphatic carbocycles. The summed E-state index contributed by atoms with van der Waals surface area (Å²) in [6, 6.07) is 13.7. The van der Waals surface area contributed by atoms with Gasteiger partial charge in [-0.05, 0) is 78.4 Å². The lowest BCUT2D eigenvalue weighted by molar-refractivity contribution is 0.0702. The molecule has 0 bridgehead atoms. The summed E-state index contributed by atoms with van der Waals surface area (Å²) >= 11 is 0. The van der Waals surface area contributed by atoms with Gasteiger partial charge in [0.25, 0.3) is 0 Å². The predicted octanol–water partition coefficient (Wildman–Crippen LogP) is 3.55. The van der Waals surface area contributed by atoms with Gasteiger partial charge in [-0.3, -0.25) is 0 Å². The number of hydrogen-bond acceptors (Lipinski definition) is 7. The predicted molar refractivity (Wildman–Crippen MR) is 152 cm³/mol. The Hall–Kier alpha value is -4.06. The highest BCUT2D eigenvalue weighted by atomic mass is 19.1. The molecular weight excluding hydrogens is 527 g/mol. The maximum Gasteiger partial charge on any atom is 0.409 e. The third-order valence-electron chi connectivity index (χ3n) is 8.02. The van der Waals surface area contributed by atoms with Crippen molar-refractivity contribution in [3.05, 3.63) is 59.9 Å². The molecule has 12 heteroatoms. The molecule has 5 rings (SSSR count). The fourth-order valence-corrected chi connectivity index (χ4v) is 6.02. The molecule has 1 unspecified atom stereocenters. The topological polar surface area (TPSA) is 118 Å². The molecule has 0 saturated carbocycles. The van der Waals surface area contributed by atoms with Gasteiger partial charge in [-0.1, -0.05) is 24.3 Å². The first-order valence-corrected chi connectivity index (χ1v) is 14.1. The lowest BCUT2D eigenvalue weighted by Gasteiger charge is -2.42. The second kappa shape index (κ2) is 13.1. The Bertz CT molecular complexity index is 1330. The number of piperidine rings is 2. The second-order valence-corrected chi connectivity index (χ2v) is 11.0. The van der Waals surface area contributed by atoms with Gasteiger partial charge in [0, 0.05) is 56.4 Å². The van der Waals surface area contributed by atoms with E-state index in [0.29, 0.717) is 36.9 Å². The van der Waals surface area contributed by atoms with Crippen LogP contribution < -0.4 is 10.6 Å². The number of ether oxygens (including phenoxy) is 1. The molecule has 3 atom stereocenters. The van der Waals surface area contributed by atoms with Crippen LogP contribution in [0.2, 0.25) is 0 Å². The van der Waals surface area contributed by atoms with Crippen LogP contribution in [0.5, 0.6) is 0 Å². The number of methoxy groups -OCH3 is 1. The number of likely N-dealkylation sites (tertiary alicyclic amines) is 2. The molecule has 1 aromatic heterocycles. The van der Waals surface area contributed by atoms with Crippen molar-refractivity contribution in [1.82, 2.24) is 35.3 Å².